The van der Waals surface area contributed by atoms with E-state index < -0.39 is 6.10 Å². The molecule has 1 heterocycles. The fourth-order valence-electron chi connectivity index (χ4n) is 2.97. The van der Waals surface area contributed by atoms with Crippen LogP contribution < -0.4 is 5.32 Å². The van der Waals surface area contributed by atoms with Gasteiger partial charge in [-0.25, -0.2) is 4.98 Å². The number of aromatic nitrogens is 2. The van der Waals surface area contributed by atoms with Crippen LogP contribution in [0, 0.1) is 5.92 Å². The number of aliphatic hydroxyl groups is 1. The number of nitrogens with zero attached hydrogens (tertiary/aromatic N) is 2. The van der Waals surface area contributed by atoms with Crippen molar-refractivity contribution in [2.24, 2.45) is 5.92 Å². The second-order valence-electron chi connectivity index (χ2n) is 6.91. The fourth-order valence-corrected chi connectivity index (χ4v) is 2.97. The summed E-state index contributed by atoms with van der Waals surface area (Å²) in [4.78, 5) is 17.0. The van der Waals surface area contributed by atoms with Crippen molar-refractivity contribution in [3.8, 4) is 0 Å². The summed E-state index contributed by atoms with van der Waals surface area (Å²) in [6.07, 6.45) is 2.51. The minimum absolute atomic E-state index is 0.0714. The second kappa shape index (κ2) is 6.71. The van der Waals surface area contributed by atoms with Gasteiger partial charge < -0.3 is 15.0 Å². The highest BCUT2D eigenvalue weighted by atomic mass is 16.3. The molecule has 5 heteroatoms. The highest BCUT2D eigenvalue weighted by molar-refractivity contribution is 5.81. The first kappa shape index (κ1) is 16.0. The molecule has 1 aromatic carbocycles. The normalized spacial score (nSPS) is 16.0. The van der Waals surface area contributed by atoms with Crippen molar-refractivity contribution >= 4 is 16.9 Å². The van der Waals surface area contributed by atoms with Crippen LogP contribution in [0.1, 0.15) is 44.9 Å². The van der Waals surface area contributed by atoms with Crippen LogP contribution in [-0.4, -0.2) is 33.2 Å². The van der Waals surface area contributed by atoms with Crippen LogP contribution >= 0.6 is 0 Å². The second-order valence-corrected chi connectivity index (χ2v) is 6.91. The lowest BCUT2D eigenvalue weighted by atomic mass is 10.1. The van der Waals surface area contributed by atoms with Crippen LogP contribution in [0.4, 0.5) is 0 Å². The van der Waals surface area contributed by atoms with Gasteiger partial charge in [-0.05, 0) is 37.3 Å². The number of fused-ring (bicyclic) bond motifs is 1. The Kier molecular flexibility index (Phi) is 4.66. The highest BCUT2D eigenvalue weighted by Gasteiger charge is 2.30. The molecule has 0 radical (unpaired) electrons. The van der Waals surface area contributed by atoms with Gasteiger partial charge in [0, 0.05) is 12.5 Å². The van der Waals surface area contributed by atoms with Gasteiger partial charge in [0.15, 0.2) is 0 Å². The molecule has 5 nitrogen and oxygen atoms in total. The number of hydrogen-bond acceptors (Lipinski definition) is 3. The summed E-state index contributed by atoms with van der Waals surface area (Å²) >= 11 is 0. The molecule has 2 aromatic rings. The number of nitrogens with one attached hydrogen (secondary N) is 1. The number of benzene rings is 1. The van der Waals surface area contributed by atoms with E-state index in [0.29, 0.717) is 24.8 Å². The molecule has 1 aliphatic rings. The van der Waals surface area contributed by atoms with Gasteiger partial charge in [0.1, 0.15) is 12.4 Å². The van der Waals surface area contributed by atoms with Crippen molar-refractivity contribution < 1.29 is 9.90 Å². The average Bonchev–Trinajstić information content (AvgIpc) is 3.28. The zero-order valence-corrected chi connectivity index (χ0v) is 13.8. The van der Waals surface area contributed by atoms with E-state index in [0.717, 1.165) is 29.7 Å². The largest absolute Gasteiger partial charge is 0.391 e. The molecule has 1 aliphatic carbocycles. The summed E-state index contributed by atoms with van der Waals surface area (Å²) in [6, 6.07) is 7.94. The molecule has 0 bridgehead atoms. The van der Waals surface area contributed by atoms with E-state index in [1.54, 1.807) is 0 Å². The Labute approximate surface area is 136 Å². The van der Waals surface area contributed by atoms with Crippen LogP contribution in [0.25, 0.3) is 11.0 Å². The third-order valence-corrected chi connectivity index (χ3v) is 4.21. The van der Waals surface area contributed by atoms with Crippen LogP contribution in [-0.2, 0) is 11.3 Å². The van der Waals surface area contributed by atoms with Crippen molar-refractivity contribution in [2.45, 2.75) is 51.7 Å². The van der Waals surface area contributed by atoms with Gasteiger partial charge in [-0.15, -0.1) is 0 Å². The van der Waals surface area contributed by atoms with E-state index >= 15 is 0 Å². The first-order valence-electron chi connectivity index (χ1n) is 8.44. The lowest BCUT2D eigenvalue weighted by Crippen LogP contribution is -2.35. The summed E-state index contributed by atoms with van der Waals surface area (Å²) in [6.45, 7) is 4.69. The third kappa shape index (κ3) is 3.91. The van der Waals surface area contributed by atoms with E-state index in [1.807, 2.05) is 28.8 Å². The van der Waals surface area contributed by atoms with Crippen LogP contribution in [0.5, 0.6) is 0 Å². The number of para-hydroxylation sites is 2. The zero-order valence-electron chi connectivity index (χ0n) is 13.8. The van der Waals surface area contributed by atoms with Gasteiger partial charge in [0.25, 0.3) is 0 Å². The number of amides is 1. The Morgan fingerprint density at radius 2 is 2.13 bits per heavy atom. The SMILES string of the molecule is CC(C)CC(O)CNC(=O)Cn1c(C2CC2)nc2ccccc21. The van der Waals surface area contributed by atoms with Crippen molar-refractivity contribution in [1.29, 1.82) is 0 Å². The highest BCUT2D eigenvalue weighted by Crippen LogP contribution is 2.40. The van der Waals surface area contributed by atoms with Gasteiger partial charge in [0.2, 0.25) is 5.91 Å². The third-order valence-electron chi connectivity index (χ3n) is 4.21. The predicted octanol–water partition coefficient (Wildman–Crippen LogP) is 2.44. The lowest BCUT2D eigenvalue weighted by molar-refractivity contribution is -0.122. The number of carbonyl (C=O) groups is 1. The standard InChI is InChI=1S/C18H25N3O2/c1-12(2)9-14(22)10-19-17(23)11-21-16-6-4-3-5-15(16)20-18(21)13-7-8-13/h3-6,12-14,22H,7-11H2,1-2H3,(H,19,23). The molecule has 1 saturated carbocycles. The minimum atomic E-state index is -0.485. The van der Waals surface area contributed by atoms with Crippen LogP contribution in [0.2, 0.25) is 0 Å². The maximum absolute atomic E-state index is 12.3. The predicted molar refractivity (Wildman–Crippen MR) is 90.2 cm³/mol. The molecule has 1 aromatic heterocycles. The molecule has 1 fully saturated rings. The van der Waals surface area contributed by atoms with Gasteiger partial charge >= 0.3 is 0 Å². The lowest BCUT2D eigenvalue weighted by Gasteiger charge is -2.14. The fraction of sp³-hybridized carbons (Fsp3) is 0.556. The Balaban J connectivity index is 1.68. The Bertz CT molecular complexity index is 689. The zero-order chi connectivity index (χ0) is 16.4. The molecule has 2 N–H and O–H groups in total. The molecule has 0 spiro atoms. The Morgan fingerprint density at radius 1 is 1.39 bits per heavy atom. The minimum Gasteiger partial charge on any atom is -0.391 e. The first-order valence-corrected chi connectivity index (χ1v) is 8.44. The summed E-state index contributed by atoms with van der Waals surface area (Å²) in [5.41, 5.74) is 1.95. The van der Waals surface area contributed by atoms with Gasteiger partial charge in [-0.2, -0.15) is 0 Å². The number of aliphatic hydroxyl groups excluding tert-OH is 1. The summed E-state index contributed by atoms with van der Waals surface area (Å²) < 4.78 is 2.02. The van der Waals surface area contributed by atoms with Gasteiger partial charge in [-0.3, -0.25) is 4.79 Å². The van der Waals surface area contributed by atoms with E-state index in [1.165, 1.54) is 0 Å². The van der Waals surface area contributed by atoms with Gasteiger partial charge in [-0.1, -0.05) is 26.0 Å². The smallest absolute Gasteiger partial charge is 0.240 e. The monoisotopic (exact) mass is 315 g/mol. The van der Waals surface area contributed by atoms with Crippen LogP contribution in [0.15, 0.2) is 24.3 Å². The number of hydrogen-bond donors (Lipinski definition) is 2. The van der Waals surface area contributed by atoms with E-state index in [4.69, 9.17) is 4.98 Å². The van der Waals surface area contributed by atoms with Crippen molar-refractivity contribution in [3.05, 3.63) is 30.1 Å². The summed E-state index contributed by atoms with van der Waals surface area (Å²) in [7, 11) is 0. The maximum atomic E-state index is 12.3. The molecule has 0 saturated heterocycles. The summed E-state index contributed by atoms with van der Waals surface area (Å²) in [5.74, 6) is 1.85. The molecule has 1 amide bonds. The van der Waals surface area contributed by atoms with E-state index in [9.17, 15) is 9.90 Å². The van der Waals surface area contributed by atoms with Crippen LogP contribution in [0.3, 0.4) is 0 Å². The average molecular weight is 315 g/mol. The molecule has 0 aliphatic heterocycles. The quantitative estimate of drug-likeness (QED) is 0.824. The molecule has 3 rings (SSSR count). The Morgan fingerprint density at radius 3 is 2.83 bits per heavy atom. The van der Waals surface area contributed by atoms with Crippen molar-refractivity contribution in [3.63, 3.8) is 0 Å². The first-order chi connectivity index (χ1) is 11.0. The van der Waals surface area contributed by atoms with E-state index in [-0.39, 0.29) is 12.5 Å². The van der Waals surface area contributed by atoms with Gasteiger partial charge in [0.05, 0.1) is 17.1 Å². The number of imidazole rings is 1. The summed E-state index contributed by atoms with van der Waals surface area (Å²) in [5, 5.41) is 12.7. The number of carbonyl (C=O) groups excluding carboxylic acids is 1. The molecule has 124 valence electrons. The van der Waals surface area contributed by atoms with Crippen molar-refractivity contribution in [1.82, 2.24) is 14.9 Å². The van der Waals surface area contributed by atoms with Crippen molar-refractivity contribution in [2.75, 3.05) is 6.54 Å². The molecular formula is C18H25N3O2. The molecular weight excluding hydrogens is 290 g/mol. The molecule has 1 unspecified atom stereocenters. The molecule has 23 heavy (non-hydrogen) atoms. The topological polar surface area (TPSA) is 67.2 Å². The maximum Gasteiger partial charge on any atom is 0.240 e. The van der Waals surface area contributed by atoms with E-state index in [2.05, 4.69) is 19.2 Å². The number of rotatable bonds is 7. The molecule has 1 atom stereocenters. The Hall–Kier alpha value is -1.88.